The molecule has 0 aliphatic heterocycles. The molecule has 3 aromatic rings. The maximum Gasteiger partial charge on any atom is 0.222 e. The lowest BCUT2D eigenvalue weighted by molar-refractivity contribution is 0.606. The summed E-state index contributed by atoms with van der Waals surface area (Å²) in [6.07, 6.45) is 0. The van der Waals surface area contributed by atoms with Gasteiger partial charge in [0.15, 0.2) is 0 Å². The van der Waals surface area contributed by atoms with E-state index in [9.17, 15) is 4.39 Å². The van der Waals surface area contributed by atoms with Crippen molar-refractivity contribution in [2.45, 2.75) is 5.92 Å². The summed E-state index contributed by atoms with van der Waals surface area (Å²) < 4.78 is 14.5. The van der Waals surface area contributed by atoms with Crippen LogP contribution in [-0.4, -0.2) is 9.97 Å². The Morgan fingerprint density at radius 2 is 1.78 bits per heavy atom. The molecule has 4 N–H and O–H groups in total. The van der Waals surface area contributed by atoms with Crippen LogP contribution >= 0.6 is 11.6 Å². The predicted octanol–water partition coefficient (Wildman–Crippen LogP) is 3.59. The summed E-state index contributed by atoms with van der Waals surface area (Å²) in [4.78, 5) is 8.38. The highest BCUT2D eigenvalue weighted by molar-refractivity contribution is 6.30. The first kappa shape index (κ1) is 14.0. The lowest BCUT2D eigenvalue weighted by atomic mass is 9.91. The van der Waals surface area contributed by atoms with Crippen molar-refractivity contribution in [1.29, 1.82) is 0 Å². The second-order valence-corrected chi connectivity index (χ2v) is 5.85. The molecule has 0 spiro atoms. The molecule has 1 atom stereocenters. The molecule has 4 nitrogen and oxygen atoms in total. The zero-order chi connectivity index (χ0) is 16.1. The van der Waals surface area contributed by atoms with Crippen molar-refractivity contribution in [2.24, 2.45) is 0 Å². The van der Waals surface area contributed by atoms with Crippen LogP contribution in [-0.2, 0) is 0 Å². The van der Waals surface area contributed by atoms with Gasteiger partial charge in [-0.25, -0.2) is 9.37 Å². The summed E-state index contributed by atoms with van der Waals surface area (Å²) in [6.45, 7) is 0. The van der Waals surface area contributed by atoms with Gasteiger partial charge >= 0.3 is 0 Å². The highest BCUT2D eigenvalue weighted by atomic mass is 35.5. The molecular weight excluding hydrogens is 315 g/mol. The molecule has 23 heavy (non-hydrogen) atoms. The van der Waals surface area contributed by atoms with Gasteiger partial charge in [-0.1, -0.05) is 41.9 Å². The fraction of sp³-hybridized carbons (Fsp3) is 0.0588. The van der Waals surface area contributed by atoms with Gasteiger partial charge in [0.1, 0.15) is 11.6 Å². The second-order valence-electron chi connectivity index (χ2n) is 5.41. The fourth-order valence-electron chi connectivity index (χ4n) is 3.17. The molecule has 6 heteroatoms. The third-order valence-corrected chi connectivity index (χ3v) is 4.31. The Labute approximate surface area is 136 Å². The van der Waals surface area contributed by atoms with Crippen molar-refractivity contribution < 1.29 is 4.39 Å². The number of fused-ring (bicyclic) bond motifs is 3. The standard InChI is InChI=1S/C17H12ClFN4/c18-8-5-6-11(12(19)7-8)13-9-3-1-2-4-10(9)14-15(13)22-17(21)23-16(14)20/h1-7,13H,(H4,20,21,22,23). The molecule has 2 aromatic carbocycles. The molecule has 0 saturated heterocycles. The Morgan fingerprint density at radius 3 is 2.57 bits per heavy atom. The minimum Gasteiger partial charge on any atom is -0.383 e. The number of halogens is 2. The number of nitrogen functional groups attached to an aromatic ring is 2. The highest BCUT2D eigenvalue weighted by Crippen LogP contribution is 2.49. The molecule has 0 bridgehead atoms. The van der Waals surface area contributed by atoms with E-state index in [1.807, 2.05) is 24.3 Å². The molecule has 1 aromatic heterocycles. The zero-order valence-corrected chi connectivity index (χ0v) is 12.7. The number of hydrogen-bond donors (Lipinski definition) is 2. The minimum absolute atomic E-state index is 0.0772. The van der Waals surface area contributed by atoms with Crippen LogP contribution in [0.25, 0.3) is 11.1 Å². The van der Waals surface area contributed by atoms with Gasteiger partial charge in [0.25, 0.3) is 0 Å². The van der Waals surface area contributed by atoms with Gasteiger partial charge in [0, 0.05) is 16.1 Å². The summed E-state index contributed by atoms with van der Waals surface area (Å²) in [7, 11) is 0. The van der Waals surface area contributed by atoms with Gasteiger partial charge < -0.3 is 11.5 Å². The molecule has 1 aliphatic rings. The van der Waals surface area contributed by atoms with E-state index in [2.05, 4.69) is 9.97 Å². The Balaban J connectivity index is 2.05. The average Bonchev–Trinajstić information content (AvgIpc) is 2.82. The Kier molecular flexibility index (Phi) is 2.99. The second kappa shape index (κ2) is 4.93. The van der Waals surface area contributed by atoms with Gasteiger partial charge in [-0.05, 0) is 23.3 Å². The van der Waals surface area contributed by atoms with Crippen LogP contribution in [0.2, 0.25) is 5.02 Å². The van der Waals surface area contributed by atoms with E-state index in [1.165, 1.54) is 6.07 Å². The van der Waals surface area contributed by atoms with Crippen molar-refractivity contribution >= 4 is 23.4 Å². The summed E-state index contributed by atoms with van der Waals surface area (Å²) in [5.41, 5.74) is 15.4. The minimum atomic E-state index is -0.388. The van der Waals surface area contributed by atoms with E-state index < -0.39 is 0 Å². The quantitative estimate of drug-likeness (QED) is 0.560. The first-order valence-electron chi connectivity index (χ1n) is 7.03. The van der Waals surface area contributed by atoms with E-state index in [-0.39, 0.29) is 17.7 Å². The SMILES string of the molecule is Nc1nc(N)c2c(n1)C(c1ccc(Cl)cc1F)c1ccccc1-2. The summed E-state index contributed by atoms with van der Waals surface area (Å²) in [5.74, 6) is -0.391. The molecule has 1 aliphatic carbocycles. The van der Waals surface area contributed by atoms with E-state index in [4.69, 9.17) is 23.1 Å². The molecule has 1 heterocycles. The van der Waals surface area contributed by atoms with E-state index >= 15 is 0 Å². The van der Waals surface area contributed by atoms with Crippen LogP contribution in [0.5, 0.6) is 0 Å². The maximum atomic E-state index is 14.5. The third-order valence-electron chi connectivity index (χ3n) is 4.07. The lowest BCUT2D eigenvalue weighted by Crippen LogP contribution is -2.08. The van der Waals surface area contributed by atoms with Gasteiger partial charge in [0.05, 0.1) is 11.6 Å². The largest absolute Gasteiger partial charge is 0.383 e. The van der Waals surface area contributed by atoms with Crippen LogP contribution in [0.4, 0.5) is 16.2 Å². The van der Waals surface area contributed by atoms with E-state index in [0.29, 0.717) is 27.7 Å². The smallest absolute Gasteiger partial charge is 0.222 e. The van der Waals surface area contributed by atoms with Crippen LogP contribution in [0.1, 0.15) is 22.7 Å². The van der Waals surface area contributed by atoms with E-state index in [1.54, 1.807) is 12.1 Å². The summed E-state index contributed by atoms with van der Waals surface area (Å²) in [5, 5.41) is 0.347. The lowest BCUT2D eigenvalue weighted by Gasteiger charge is -2.14. The number of nitrogens with zero attached hydrogens (tertiary/aromatic N) is 2. The highest BCUT2D eigenvalue weighted by Gasteiger charge is 2.35. The van der Waals surface area contributed by atoms with Crippen molar-refractivity contribution in [3.05, 3.63) is 70.1 Å². The molecule has 1 unspecified atom stereocenters. The molecule has 0 saturated carbocycles. The number of anilines is 2. The Morgan fingerprint density at radius 1 is 1.00 bits per heavy atom. The molecule has 0 amide bonds. The first-order valence-corrected chi connectivity index (χ1v) is 7.41. The zero-order valence-electron chi connectivity index (χ0n) is 11.9. The molecule has 0 radical (unpaired) electrons. The molecule has 114 valence electrons. The Hall–Kier alpha value is -2.66. The van der Waals surface area contributed by atoms with E-state index in [0.717, 1.165) is 11.1 Å². The van der Waals surface area contributed by atoms with Crippen LogP contribution in [0, 0.1) is 5.82 Å². The van der Waals surface area contributed by atoms with Crippen LogP contribution in [0.3, 0.4) is 0 Å². The van der Waals surface area contributed by atoms with Gasteiger partial charge in [-0.2, -0.15) is 4.98 Å². The normalized spacial score (nSPS) is 15.3. The maximum absolute atomic E-state index is 14.5. The topological polar surface area (TPSA) is 77.8 Å². The van der Waals surface area contributed by atoms with Crippen molar-refractivity contribution in [3.8, 4) is 11.1 Å². The molecule has 0 fully saturated rings. The van der Waals surface area contributed by atoms with Crippen molar-refractivity contribution in [2.75, 3.05) is 11.5 Å². The number of hydrogen-bond acceptors (Lipinski definition) is 4. The number of nitrogens with two attached hydrogens (primary N) is 2. The van der Waals surface area contributed by atoms with Gasteiger partial charge in [0.2, 0.25) is 5.95 Å². The Bertz CT molecular complexity index is 942. The van der Waals surface area contributed by atoms with Crippen molar-refractivity contribution in [3.63, 3.8) is 0 Å². The summed E-state index contributed by atoms with van der Waals surface area (Å²) in [6, 6.07) is 12.3. The monoisotopic (exact) mass is 326 g/mol. The predicted molar refractivity (Wildman–Crippen MR) is 88.6 cm³/mol. The van der Waals surface area contributed by atoms with Crippen LogP contribution in [0.15, 0.2) is 42.5 Å². The molecule has 4 rings (SSSR count). The van der Waals surface area contributed by atoms with Gasteiger partial charge in [-0.15, -0.1) is 0 Å². The van der Waals surface area contributed by atoms with Crippen LogP contribution < -0.4 is 11.5 Å². The number of rotatable bonds is 1. The fourth-order valence-corrected chi connectivity index (χ4v) is 3.33. The number of aromatic nitrogens is 2. The average molecular weight is 327 g/mol. The third kappa shape index (κ3) is 2.04. The summed E-state index contributed by atoms with van der Waals surface area (Å²) >= 11 is 5.87. The first-order chi connectivity index (χ1) is 11.1. The van der Waals surface area contributed by atoms with Gasteiger partial charge in [-0.3, -0.25) is 0 Å². The van der Waals surface area contributed by atoms with Crippen molar-refractivity contribution in [1.82, 2.24) is 9.97 Å². The number of benzene rings is 2. The molecular formula is C17H12ClFN4.